The number of hydrogen-bond acceptors (Lipinski definition) is 9. The summed E-state index contributed by atoms with van der Waals surface area (Å²) >= 11 is 1.75. The number of hydrogen-bond donors (Lipinski definition) is 2. The average Bonchev–Trinajstić information content (AvgIpc) is 3.95. The fourth-order valence-corrected chi connectivity index (χ4v) is 6.95. The molecule has 7 rings (SSSR count). The lowest BCUT2D eigenvalue weighted by atomic mass is 9.99. The van der Waals surface area contributed by atoms with Gasteiger partial charge in [-0.1, -0.05) is 42.0 Å². The molecule has 0 fully saturated rings. The summed E-state index contributed by atoms with van der Waals surface area (Å²) in [7, 11) is 0. The number of Topliss-reactive ketones (excluding diaryl/α,β-unsaturated/α-hetero) is 1. The Hall–Kier alpha value is -6.92. The van der Waals surface area contributed by atoms with Crippen LogP contribution in [0.2, 0.25) is 0 Å². The van der Waals surface area contributed by atoms with Crippen molar-refractivity contribution in [3.63, 3.8) is 0 Å². The molecular weight excluding hydrogens is 790 g/mol. The van der Waals surface area contributed by atoms with E-state index in [9.17, 15) is 22.8 Å². The van der Waals surface area contributed by atoms with Gasteiger partial charge in [0.1, 0.15) is 0 Å². The number of carboxylic acid groups (broad SMARTS) is 1. The second-order valence-electron chi connectivity index (χ2n) is 13.6. The van der Waals surface area contributed by atoms with E-state index < -0.39 is 17.7 Å². The van der Waals surface area contributed by atoms with Crippen molar-refractivity contribution in [3.05, 3.63) is 187 Å². The lowest BCUT2D eigenvalue weighted by Gasteiger charge is -2.09. The number of halogens is 3. The molecule has 2 N–H and O–H groups in total. The number of carbonyl (C=O) groups is 2. The topological polar surface area (TPSA) is 152 Å². The second-order valence-corrected chi connectivity index (χ2v) is 14.9. The highest BCUT2D eigenvalue weighted by Gasteiger charge is 2.30. The number of alkyl halides is 3. The lowest BCUT2D eigenvalue weighted by molar-refractivity contribution is -0.137. The van der Waals surface area contributed by atoms with Gasteiger partial charge in [0.2, 0.25) is 11.6 Å². The van der Waals surface area contributed by atoms with Crippen LogP contribution in [-0.4, -0.2) is 59.0 Å². The van der Waals surface area contributed by atoms with Gasteiger partial charge in [0.25, 0.3) is 6.54 Å². The van der Waals surface area contributed by atoms with Crippen molar-refractivity contribution in [1.82, 2.24) is 35.6 Å². The van der Waals surface area contributed by atoms with E-state index in [0.29, 0.717) is 35.4 Å². The van der Waals surface area contributed by atoms with Crippen LogP contribution in [-0.2, 0) is 44.7 Å². The highest BCUT2D eigenvalue weighted by Crippen LogP contribution is 2.29. The summed E-state index contributed by atoms with van der Waals surface area (Å²) in [6.07, 6.45) is 9.90. The van der Waals surface area contributed by atoms with Crippen molar-refractivity contribution in [3.8, 4) is 11.4 Å². The zero-order valence-electron chi connectivity index (χ0n) is 32.9. The molecule has 0 bridgehead atoms. The van der Waals surface area contributed by atoms with Crippen LogP contribution < -0.4 is 0 Å². The van der Waals surface area contributed by atoms with Crippen molar-refractivity contribution in [2.24, 2.45) is 0 Å². The number of carboxylic acids is 1. The predicted molar refractivity (Wildman–Crippen MR) is 223 cm³/mol. The third kappa shape index (κ3) is 13.3. The standard InChI is InChI=1S/C17H13F3N2O.C15H15N5.C13H13NO2S/c1-21-11-16(23)15-8-9-22-10-13(15)5-2-12-3-6-14(7-4-12)17(18,19)20;1-11-2-4-12(5-3-11)6-7-13-10-16-9-8-14(13)15-17-19-20-18-15;1-9-2-4-11(17-9)5-3-10-8-14-7-6-12(10)13(15)16/h3-4,6-10H,2,5,11H2;2-5,8-10H,6-7H2,1H3,(H,17,18,19,20);2,4,6-8H,3,5H2,1H3,(H,15,16). The fourth-order valence-electron chi connectivity index (χ4n) is 6.06. The number of nitrogens with one attached hydrogen (secondary N) is 1. The summed E-state index contributed by atoms with van der Waals surface area (Å²) in [6, 6.07) is 22.8. The van der Waals surface area contributed by atoms with Gasteiger partial charge in [-0.25, -0.2) is 11.4 Å². The normalized spacial score (nSPS) is 10.7. The van der Waals surface area contributed by atoms with E-state index in [0.717, 1.165) is 60.1 Å². The third-order valence-corrected chi connectivity index (χ3v) is 10.3. The Morgan fingerprint density at radius 3 is 1.85 bits per heavy atom. The van der Waals surface area contributed by atoms with Crippen LogP contribution in [0.5, 0.6) is 0 Å². The molecule has 60 heavy (non-hydrogen) atoms. The van der Waals surface area contributed by atoms with Crippen LogP contribution in [0.25, 0.3) is 16.2 Å². The van der Waals surface area contributed by atoms with Crippen molar-refractivity contribution < 1.29 is 27.9 Å². The number of ketones is 1. The molecule has 0 atom stereocenters. The van der Waals surface area contributed by atoms with E-state index in [-0.39, 0.29) is 12.3 Å². The Balaban J connectivity index is 0.000000173. The van der Waals surface area contributed by atoms with Gasteiger partial charge >= 0.3 is 12.1 Å². The molecule has 0 aliphatic carbocycles. The highest BCUT2D eigenvalue weighted by atomic mass is 32.1. The minimum absolute atomic E-state index is 0.225. The molecule has 5 aromatic heterocycles. The van der Waals surface area contributed by atoms with Crippen molar-refractivity contribution in [1.29, 1.82) is 0 Å². The van der Waals surface area contributed by atoms with Gasteiger partial charge in [-0.05, 0) is 128 Å². The summed E-state index contributed by atoms with van der Waals surface area (Å²) in [6.45, 7) is 10.7. The summed E-state index contributed by atoms with van der Waals surface area (Å²) in [4.78, 5) is 40.7. The molecule has 15 heteroatoms. The van der Waals surface area contributed by atoms with E-state index in [4.69, 9.17) is 11.7 Å². The van der Waals surface area contributed by atoms with Gasteiger partial charge in [0.15, 0.2) is 0 Å². The van der Waals surface area contributed by atoms with Crippen LogP contribution in [0.1, 0.15) is 69.4 Å². The molecule has 0 spiro atoms. The van der Waals surface area contributed by atoms with Crippen LogP contribution >= 0.6 is 11.3 Å². The number of carbonyl (C=O) groups excluding carboxylic acids is 1. The maximum atomic E-state index is 12.5. The van der Waals surface area contributed by atoms with E-state index in [1.54, 1.807) is 42.1 Å². The van der Waals surface area contributed by atoms with Gasteiger partial charge in [-0.2, -0.15) is 18.4 Å². The van der Waals surface area contributed by atoms with E-state index >= 15 is 0 Å². The summed E-state index contributed by atoms with van der Waals surface area (Å²) in [5.74, 6) is -0.541. The fraction of sp³-hybridized carbons (Fsp3) is 0.222. The number of rotatable bonds is 13. The maximum absolute atomic E-state index is 12.5. The SMILES string of the molecule is Cc1ccc(CCc2cnccc2-c2nn[nH]n2)cc1.Cc1ccc(CCc2cnccc2C(=O)O)s1.[C-]#[N+]CC(=O)c1ccncc1CCc1ccc(C(F)(F)F)cc1. The zero-order valence-corrected chi connectivity index (χ0v) is 33.7. The number of aromatic nitrogens is 7. The van der Waals surface area contributed by atoms with Crippen molar-refractivity contribution in [2.75, 3.05) is 6.54 Å². The number of nitrogens with zero attached hydrogens (tertiary/aromatic N) is 7. The first-order valence-corrected chi connectivity index (χ1v) is 19.6. The Bertz CT molecular complexity index is 2500. The smallest absolute Gasteiger partial charge is 0.416 e. The van der Waals surface area contributed by atoms with Gasteiger partial charge < -0.3 is 9.95 Å². The number of aryl methyl sites for hydroxylation is 8. The van der Waals surface area contributed by atoms with Crippen LogP contribution in [0.15, 0.2) is 116 Å². The Labute approximate surface area is 349 Å². The zero-order chi connectivity index (χ0) is 42.9. The second kappa shape index (κ2) is 21.7. The molecule has 0 aliphatic rings. The minimum Gasteiger partial charge on any atom is -0.478 e. The Morgan fingerprint density at radius 2 is 1.28 bits per heavy atom. The predicted octanol–water partition coefficient (Wildman–Crippen LogP) is 9.28. The molecule has 11 nitrogen and oxygen atoms in total. The first kappa shape index (κ1) is 44.2. The highest BCUT2D eigenvalue weighted by molar-refractivity contribution is 7.11. The number of aromatic amines is 1. The molecule has 0 saturated heterocycles. The lowest BCUT2D eigenvalue weighted by Crippen LogP contribution is -2.08. The molecule has 7 aromatic rings. The van der Waals surface area contributed by atoms with E-state index in [1.807, 2.05) is 12.3 Å². The van der Waals surface area contributed by atoms with Gasteiger partial charge in [0.05, 0.1) is 11.1 Å². The largest absolute Gasteiger partial charge is 0.478 e. The molecular formula is C45H41F3N8O3S. The van der Waals surface area contributed by atoms with E-state index in [1.165, 1.54) is 45.4 Å². The third-order valence-electron chi connectivity index (χ3n) is 9.26. The molecule has 0 saturated carbocycles. The first-order chi connectivity index (χ1) is 28.9. The van der Waals surface area contributed by atoms with E-state index in [2.05, 4.69) is 90.7 Å². The maximum Gasteiger partial charge on any atom is 0.416 e. The molecule has 306 valence electrons. The Morgan fingerprint density at radius 1 is 0.717 bits per heavy atom. The average molecular weight is 831 g/mol. The molecule has 0 amide bonds. The first-order valence-electron chi connectivity index (χ1n) is 18.8. The summed E-state index contributed by atoms with van der Waals surface area (Å²) in [5, 5.41) is 23.2. The molecule has 5 heterocycles. The summed E-state index contributed by atoms with van der Waals surface area (Å²) < 4.78 is 37.5. The number of tetrazole rings is 1. The molecule has 2 aromatic carbocycles. The monoisotopic (exact) mass is 830 g/mol. The van der Waals surface area contributed by atoms with Crippen LogP contribution in [0, 0.1) is 20.4 Å². The van der Waals surface area contributed by atoms with Gasteiger partial charge in [-0.3, -0.25) is 19.7 Å². The number of aromatic carboxylic acids is 1. The number of benzene rings is 2. The van der Waals surface area contributed by atoms with Crippen molar-refractivity contribution >= 4 is 23.1 Å². The van der Waals surface area contributed by atoms with Gasteiger partial charge in [0, 0.05) is 58.1 Å². The van der Waals surface area contributed by atoms with Crippen LogP contribution in [0.3, 0.4) is 0 Å². The molecule has 0 unspecified atom stereocenters. The number of pyridine rings is 3. The number of H-pyrrole nitrogens is 1. The summed E-state index contributed by atoms with van der Waals surface area (Å²) in [5.41, 5.74) is 7.07. The minimum atomic E-state index is -4.35. The van der Waals surface area contributed by atoms with Gasteiger partial charge in [-0.15, -0.1) is 21.5 Å². The van der Waals surface area contributed by atoms with Crippen molar-refractivity contribution in [2.45, 2.75) is 58.5 Å². The Kier molecular flexibility index (Phi) is 16.0. The molecule has 0 aliphatic heterocycles. The molecule has 0 radical (unpaired) electrons. The quantitative estimate of drug-likeness (QED) is 0.0856. The van der Waals surface area contributed by atoms with Crippen LogP contribution in [0.4, 0.5) is 13.2 Å². The number of thiophene rings is 1.